The van der Waals surface area contributed by atoms with Crippen LogP contribution in [0.2, 0.25) is 5.02 Å². The average molecular weight is 316 g/mol. The highest BCUT2D eigenvalue weighted by Crippen LogP contribution is 2.25. The van der Waals surface area contributed by atoms with Crippen molar-refractivity contribution in [1.82, 2.24) is 10.2 Å². The molecule has 7 nitrogen and oxygen atoms in total. The number of benzene rings is 1. The molecule has 0 aliphatic carbocycles. The third kappa shape index (κ3) is 2.91. The van der Waals surface area contributed by atoms with Gasteiger partial charge in [-0.15, -0.1) is 0 Å². The summed E-state index contributed by atoms with van der Waals surface area (Å²) in [5, 5.41) is 5.93. The Kier molecular flexibility index (Phi) is 3.96. The number of aromatic amines is 1. The van der Waals surface area contributed by atoms with Gasteiger partial charge in [0.05, 0.1) is 29.6 Å². The predicted octanol–water partition coefficient (Wildman–Crippen LogP) is 1.65. The minimum absolute atomic E-state index is 0.0733. The summed E-state index contributed by atoms with van der Waals surface area (Å²) in [5.41, 5.74) is 0.253. The third-order valence-corrected chi connectivity index (χ3v) is 4.02. The number of hydrogen-bond donors (Lipinski definition) is 2. The summed E-state index contributed by atoms with van der Waals surface area (Å²) >= 11 is 5.91. The lowest BCUT2D eigenvalue weighted by Crippen LogP contribution is -2.14. The maximum atomic E-state index is 12.0. The van der Waals surface area contributed by atoms with Crippen molar-refractivity contribution in [2.24, 2.45) is 0 Å². The Hall–Kier alpha value is -2.06. The van der Waals surface area contributed by atoms with Gasteiger partial charge in [0.15, 0.2) is 5.03 Å². The second-order valence-corrected chi connectivity index (χ2v) is 5.77. The molecule has 0 radical (unpaired) electrons. The van der Waals surface area contributed by atoms with Gasteiger partial charge in [-0.25, -0.2) is 4.79 Å². The van der Waals surface area contributed by atoms with Crippen LogP contribution in [0.15, 0.2) is 35.5 Å². The normalized spacial score (nSPS) is 11.1. The lowest BCUT2D eigenvalue weighted by atomic mass is 10.2. The molecule has 106 valence electrons. The fourth-order valence-corrected chi connectivity index (χ4v) is 2.64. The molecular formula is C11H10ClN3O4S. The van der Waals surface area contributed by atoms with Gasteiger partial charge in [0, 0.05) is 0 Å². The molecule has 1 aromatic heterocycles. The quantitative estimate of drug-likeness (QED) is 0.835. The number of nitrogens with zero attached hydrogens (tertiary/aromatic N) is 1. The highest BCUT2D eigenvalue weighted by Gasteiger charge is 2.18. The Labute approximate surface area is 120 Å². The van der Waals surface area contributed by atoms with Gasteiger partial charge >= 0.3 is 5.97 Å². The number of hydrogen-bond acceptors (Lipinski definition) is 5. The fraction of sp³-hybridized carbons (Fsp3) is 0.0909. The van der Waals surface area contributed by atoms with E-state index in [1.807, 2.05) is 0 Å². The van der Waals surface area contributed by atoms with Gasteiger partial charge in [-0.1, -0.05) is 11.6 Å². The molecule has 0 amide bonds. The van der Waals surface area contributed by atoms with Crippen LogP contribution in [0.3, 0.4) is 0 Å². The van der Waals surface area contributed by atoms with Crippen molar-refractivity contribution in [1.29, 1.82) is 0 Å². The average Bonchev–Trinajstić information content (AvgIpc) is 2.95. The molecule has 0 atom stereocenters. The molecule has 20 heavy (non-hydrogen) atoms. The Morgan fingerprint density at radius 3 is 2.75 bits per heavy atom. The van der Waals surface area contributed by atoms with Crippen molar-refractivity contribution in [2.75, 3.05) is 11.8 Å². The lowest BCUT2D eigenvalue weighted by Gasteiger charge is -2.09. The van der Waals surface area contributed by atoms with Crippen LogP contribution in [-0.4, -0.2) is 31.7 Å². The van der Waals surface area contributed by atoms with Crippen molar-refractivity contribution in [3.8, 4) is 0 Å². The van der Waals surface area contributed by atoms with E-state index in [2.05, 4.69) is 19.7 Å². The molecule has 2 N–H and O–H groups in total. The van der Waals surface area contributed by atoms with E-state index in [1.54, 1.807) is 0 Å². The minimum Gasteiger partial charge on any atom is -0.465 e. The number of rotatable bonds is 4. The highest BCUT2D eigenvalue weighted by atomic mass is 35.5. The van der Waals surface area contributed by atoms with Crippen LogP contribution in [0.4, 0.5) is 5.69 Å². The molecule has 0 aliphatic heterocycles. The zero-order valence-electron chi connectivity index (χ0n) is 10.3. The number of nitrogens with one attached hydrogen (secondary N) is 2. The second kappa shape index (κ2) is 5.51. The summed E-state index contributed by atoms with van der Waals surface area (Å²) in [4.78, 5) is 11.4. The van der Waals surface area contributed by atoms with Crippen molar-refractivity contribution in [3.05, 3.63) is 41.0 Å². The van der Waals surface area contributed by atoms with Gasteiger partial charge in [0.2, 0.25) is 0 Å². The van der Waals surface area contributed by atoms with E-state index in [1.165, 1.54) is 37.6 Å². The first-order valence-corrected chi connectivity index (χ1v) is 7.20. The number of aromatic nitrogens is 2. The molecule has 0 fully saturated rings. The summed E-state index contributed by atoms with van der Waals surface area (Å²) < 4.78 is 30.8. The first-order chi connectivity index (χ1) is 9.44. The van der Waals surface area contributed by atoms with Crippen molar-refractivity contribution in [3.63, 3.8) is 0 Å². The molecule has 0 saturated heterocycles. The number of carbonyl (C=O) groups excluding carboxylic acids is 1. The number of methoxy groups -OCH3 is 1. The van der Waals surface area contributed by atoms with Crippen molar-refractivity contribution < 1.29 is 17.9 Å². The highest BCUT2D eigenvalue weighted by molar-refractivity contribution is 7.92. The minimum atomic E-state index is -3.85. The second-order valence-electron chi connectivity index (χ2n) is 3.71. The number of esters is 1. The first-order valence-electron chi connectivity index (χ1n) is 5.34. The smallest absolute Gasteiger partial charge is 0.337 e. The van der Waals surface area contributed by atoms with E-state index in [0.717, 1.165) is 0 Å². The molecule has 1 heterocycles. The molecule has 9 heteroatoms. The van der Waals surface area contributed by atoms with Gasteiger partial charge in [0.25, 0.3) is 10.0 Å². The van der Waals surface area contributed by atoms with E-state index in [4.69, 9.17) is 11.6 Å². The number of carbonyl (C=O) groups is 1. The van der Waals surface area contributed by atoms with E-state index in [9.17, 15) is 13.2 Å². The number of sulfonamides is 1. The SMILES string of the molecule is COC(=O)c1ccc(Cl)c(NS(=O)(=O)c2ccn[nH]2)c1. The number of anilines is 1. The van der Waals surface area contributed by atoms with E-state index in [-0.39, 0.29) is 21.3 Å². The van der Waals surface area contributed by atoms with Gasteiger partial charge in [-0.3, -0.25) is 9.82 Å². The molecule has 0 saturated carbocycles. The van der Waals surface area contributed by atoms with Gasteiger partial charge < -0.3 is 4.74 Å². The Morgan fingerprint density at radius 1 is 1.40 bits per heavy atom. The summed E-state index contributed by atoms with van der Waals surface area (Å²) in [6.07, 6.45) is 1.31. The van der Waals surface area contributed by atoms with Crippen LogP contribution in [-0.2, 0) is 14.8 Å². The maximum absolute atomic E-state index is 12.0. The van der Waals surface area contributed by atoms with E-state index < -0.39 is 16.0 Å². The third-order valence-electron chi connectivity index (χ3n) is 2.40. The standard InChI is InChI=1S/C11H10ClN3O4S/c1-19-11(16)7-2-3-8(12)9(6-7)15-20(17,18)10-4-5-13-14-10/h2-6,15H,1H3,(H,13,14). The van der Waals surface area contributed by atoms with Crippen LogP contribution >= 0.6 is 11.6 Å². The number of H-pyrrole nitrogens is 1. The van der Waals surface area contributed by atoms with E-state index in [0.29, 0.717) is 0 Å². The largest absolute Gasteiger partial charge is 0.465 e. The monoisotopic (exact) mass is 315 g/mol. The zero-order valence-corrected chi connectivity index (χ0v) is 11.8. The number of halogens is 1. The van der Waals surface area contributed by atoms with E-state index >= 15 is 0 Å². The van der Waals surface area contributed by atoms with Crippen molar-refractivity contribution >= 4 is 33.3 Å². The van der Waals surface area contributed by atoms with Crippen molar-refractivity contribution in [2.45, 2.75) is 5.03 Å². The van der Waals surface area contributed by atoms with Crippen LogP contribution < -0.4 is 4.72 Å². The summed E-state index contributed by atoms with van der Waals surface area (Å²) in [5.74, 6) is -0.594. The van der Waals surface area contributed by atoms with Gasteiger partial charge in [0.1, 0.15) is 0 Å². The number of ether oxygens (including phenoxy) is 1. The van der Waals surface area contributed by atoms with Gasteiger partial charge in [-0.2, -0.15) is 13.5 Å². The predicted molar refractivity (Wildman–Crippen MR) is 72.2 cm³/mol. The fourth-order valence-electron chi connectivity index (χ4n) is 1.44. The Morgan fingerprint density at radius 2 is 2.15 bits per heavy atom. The molecule has 0 spiro atoms. The van der Waals surface area contributed by atoms with Crippen LogP contribution in [0.1, 0.15) is 10.4 Å². The molecule has 2 aromatic rings. The van der Waals surface area contributed by atoms with Crippen LogP contribution in [0.25, 0.3) is 0 Å². The van der Waals surface area contributed by atoms with Crippen LogP contribution in [0, 0.1) is 0 Å². The summed E-state index contributed by atoms with van der Waals surface area (Å²) in [6.45, 7) is 0. The molecule has 0 aliphatic rings. The summed E-state index contributed by atoms with van der Waals surface area (Å²) in [7, 11) is -2.62. The lowest BCUT2D eigenvalue weighted by molar-refractivity contribution is 0.0601. The molecule has 0 bridgehead atoms. The molecule has 1 aromatic carbocycles. The molecule has 2 rings (SSSR count). The van der Waals surface area contributed by atoms with Crippen LogP contribution in [0.5, 0.6) is 0 Å². The molecule has 0 unspecified atom stereocenters. The molecular weight excluding hydrogens is 306 g/mol. The first kappa shape index (κ1) is 14.4. The topological polar surface area (TPSA) is 101 Å². The maximum Gasteiger partial charge on any atom is 0.337 e. The Balaban J connectivity index is 2.36. The van der Waals surface area contributed by atoms with Gasteiger partial charge in [-0.05, 0) is 24.3 Å². The summed E-state index contributed by atoms with van der Waals surface area (Å²) in [6, 6.07) is 5.42. The zero-order chi connectivity index (χ0) is 14.8. The Bertz CT molecular complexity index is 728.